The van der Waals surface area contributed by atoms with Crippen LogP contribution in [0.1, 0.15) is 91.2 Å². The highest BCUT2D eigenvalue weighted by Crippen LogP contribution is 2.40. The number of carbonyl (C=O) groups excluding carboxylic acids is 1. The van der Waals surface area contributed by atoms with Crippen LogP contribution in [0.15, 0.2) is 54.7 Å². The van der Waals surface area contributed by atoms with Crippen LogP contribution in [-0.2, 0) is 22.3 Å². The highest BCUT2D eigenvalue weighted by Gasteiger charge is 2.40. The lowest BCUT2D eigenvalue weighted by Gasteiger charge is -2.41. The van der Waals surface area contributed by atoms with Gasteiger partial charge in [-0.1, -0.05) is 65.8 Å². The lowest BCUT2D eigenvalue weighted by Crippen LogP contribution is -2.45. The van der Waals surface area contributed by atoms with Gasteiger partial charge in [0, 0.05) is 36.9 Å². The largest absolute Gasteiger partial charge is 0.497 e. The second-order valence-corrected chi connectivity index (χ2v) is 21.3. The number of ether oxygens (including phenoxy) is 1. The van der Waals surface area contributed by atoms with Crippen LogP contribution >= 0.6 is 0 Å². The number of nitrogens with zero attached hydrogens (tertiary/aromatic N) is 3. The van der Waals surface area contributed by atoms with E-state index in [2.05, 4.69) is 65.3 Å². The molecule has 0 radical (unpaired) electrons. The Kier molecular flexibility index (Phi) is 11.4. The quantitative estimate of drug-likeness (QED) is 0.143. The van der Waals surface area contributed by atoms with E-state index < -0.39 is 8.32 Å². The molecule has 1 saturated carbocycles. The number of carbonyl (C=O) groups is 1. The lowest BCUT2D eigenvalue weighted by molar-refractivity contribution is -0.121. The highest BCUT2D eigenvalue weighted by atomic mass is 28.4. The average Bonchev–Trinajstić information content (AvgIpc) is 3.40. The standard InChI is InChI=1S/C40H56FN5O3Si/c1-39(2,3)22-20-35(47)43-25-29-13-12-28(24-34(29)41)33-21-23-42-38-36(33)37(45-46(38)26-27-10-16-31(48-7)17-11-27)44-30-14-18-32(19-15-30)49-50(8,9)40(4,5)6/h10-13,16-17,21,23-24,30,32H,14-15,18-20,22,25-26H2,1-9H3,(H,43,47)(H,44,45). The first kappa shape index (κ1) is 37.5. The number of nitrogens with one attached hydrogen (secondary N) is 2. The van der Waals surface area contributed by atoms with Crippen molar-refractivity contribution in [3.63, 3.8) is 0 Å². The molecule has 8 nitrogen and oxygen atoms in total. The first-order valence-electron chi connectivity index (χ1n) is 18.0. The summed E-state index contributed by atoms with van der Waals surface area (Å²) in [5.41, 5.74) is 3.90. The van der Waals surface area contributed by atoms with Crippen molar-refractivity contribution in [3.8, 4) is 16.9 Å². The van der Waals surface area contributed by atoms with E-state index in [1.807, 2.05) is 41.1 Å². The maximum atomic E-state index is 15.6. The molecule has 5 rings (SSSR count). The fraction of sp³-hybridized carbons (Fsp3) is 0.525. The molecule has 2 aromatic heterocycles. The van der Waals surface area contributed by atoms with Gasteiger partial charge in [-0.2, -0.15) is 5.10 Å². The third-order valence-corrected chi connectivity index (χ3v) is 14.9. The van der Waals surface area contributed by atoms with Gasteiger partial charge in [0.2, 0.25) is 5.91 Å². The van der Waals surface area contributed by atoms with Crippen LogP contribution in [0.25, 0.3) is 22.2 Å². The zero-order valence-corrected chi connectivity index (χ0v) is 32.5. The van der Waals surface area contributed by atoms with Gasteiger partial charge in [-0.3, -0.25) is 4.79 Å². The average molecular weight is 702 g/mol. The molecule has 4 aromatic rings. The monoisotopic (exact) mass is 701 g/mol. The number of benzene rings is 2. The Hall–Kier alpha value is -3.76. The molecule has 1 fully saturated rings. The first-order chi connectivity index (χ1) is 23.5. The van der Waals surface area contributed by atoms with Crippen LogP contribution in [-0.4, -0.2) is 48.2 Å². The zero-order chi connectivity index (χ0) is 36.3. The van der Waals surface area contributed by atoms with Crippen LogP contribution in [0.4, 0.5) is 10.2 Å². The van der Waals surface area contributed by atoms with Crippen molar-refractivity contribution in [1.29, 1.82) is 0 Å². The van der Waals surface area contributed by atoms with E-state index in [0.29, 0.717) is 18.5 Å². The number of anilines is 1. The van der Waals surface area contributed by atoms with E-state index in [1.165, 1.54) is 0 Å². The van der Waals surface area contributed by atoms with Gasteiger partial charge in [0.25, 0.3) is 0 Å². The Morgan fingerprint density at radius 3 is 2.32 bits per heavy atom. The van der Waals surface area contributed by atoms with Crippen LogP contribution in [0.5, 0.6) is 5.75 Å². The fourth-order valence-electron chi connectivity index (χ4n) is 6.19. The van der Waals surface area contributed by atoms with Gasteiger partial charge in [0.15, 0.2) is 19.8 Å². The Labute approximate surface area is 298 Å². The fourth-order valence-corrected chi connectivity index (χ4v) is 7.62. The molecule has 0 unspecified atom stereocenters. The third-order valence-electron chi connectivity index (χ3n) is 10.3. The number of amides is 1. The van der Waals surface area contributed by atoms with Gasteiger partial charge in [0.05, 0.1) is 19.0 Å². The number of halogens is 1. The lowest BCUT2D eigenvalue weighted by atomic mass is 9.90. The molecule has 1 aliphatic rings. The number of hydrogen-bond acceptors (Lipinski definition) is 6. The van der Waals surface area contributed by atoms with Gasteiger partial charge < -0.3 is 19.8 Å². The van der Waals surface area contributed by atoms with Crippen LogP contribution in [0.3, 0.4) is 0 Å². The number of pyridine rings is 1. The molecule has 2 heterocycles. The summed E-state index contributed by atoms with van der Waals surface area (Å²) in [6, 6.07) is 15.4. The van der Waals surface area contributed by atoms with E-state index in [0.717, 1.165) is 71.4 Å². The third kappa shape index (κ3) is 9.31. The Bertz CT molecular complexity index is 1770. The van der Waals surface area contributed by atoms with Crippen molar-refractivity contribution in [2.45, 2.75) is 123 Å². The summed E-state index contributed by atoms with van der Waals surface area (Å²) in [6.07, 6.45) is 7.18. The van der Waals surface area contributed by atoms with Gasteiger partial charge in [-0.15, -0.1) is 0 Å². The van der Waals surface area contributed by atoms with Crippen LogP contribution in [0.2, 0.25) is 18.1 Å². The van der Waals surface area contributed by atoms with Crippen molar-refractivity contribution in [2.24, 2.45) is 5.41 Å². The molecule has 50 heavy (non-hydrogen) atoms. The SMILES string of the molecule is COc1ccc(Cn2nc(NC3CCC(O[Si](C)(C)C(C)(C)C)CC3)c3c(-c4ccc(CNC(=O)CCC(C)(C)C)c(F)c4)ccnc32)cc1. The van der Waals surface area contributed by atoms with Gasteiger partial charge >= 0.3 is 0 Å². The van der Waals surface area contributed by atoms with Gasteiger partial charge in [-0.25, -0.2) is 14.1 Å². The van der Waals surface area contributed by atoms with E-state index in [-0.39, 0.29) is 40.9 Å². The molecule has 0 spiro atoms. The van der Waals surface area contributed by atoms with Crippen molar-refractivity contribution >= 4 is 31.1 Å². The van der Waals surface area contributed by atoms with Crippen molar-refractivity contribution in [3.05, 3.63) is 71.7 Å². The molecule has 0 atom stereocenters. The minimum Gasteiger partial charge on any atom is -0.497 e. The summed E-state index contributed by atoms with van der Waals surface area (Å²) in [6.45, 7) is 18.5. The number of aromatic nitrogens is 3. The predicted molar refractivity (Wildman–Crippen MR) is 204 cm³/mol. The molecule has 2 N–H and O–H groups in total. The predicted octanol–water partition coefficient (Wildman–Crippen LogP) is 9.48. The molecule has 270 valence electrons. The van der Waals surface area contributed by atoms with Crippen molar-refractivity contribution < 1.29 is 18.3 Å². The second kappa shape index (κ2) is 15.2. The molecule has 2 aromatic carbocycles. The van der Waals surface area contributed by atoms with Crippen LogP contribution < -0.4 is 15.4 Å². The maximum absolute atomic E-state index is 15.6. The summed E-state index contributed by atoms with van der Waals surface area (Å²) in [5.74, 6) is 1.12. The molecule has 0 aliphatic heterocycles. The molecular formula is C40H56FN5O3Si. The second-order valence-electron chi connectivity index (χ2n) is 16.6. The molecular weight excluding hydrogens is 646 g/mol. The van der Waals surface area contributed by atoms with E-state index >= 15 is 4.39 Å². The number of fused-ring (bicyclic) bond motifs is 1. The van der Waals surface area contributed by atoms with E-state index in [9.17, 15) is 4.79 Å². The molecule has 1 amide bonds. The summed E-state index contributed by atoms with van der Waals surface area (Å²) in [7, 11) is -0.185. The van der Waals surface area contributed by atoms with E-state index in [4.69, 9.17) is 19.2 Å². The number of rotatable bonds is 12. The van der Waals surface area contributed by atoms with Crippen LogP contribution in [0, 0.1) is 11.2 Å². The molecule has 0 saturated heterocycles. The zero-order valence-electron chi connectivity index (χ0n) is 31.5. The Balaban J connectivity index is 1.40. The van der Waals surface area contributed by atoms with Gasteiger partial charge in [-0.05, 0) is 96.6 Å². The normalized spacial score (nSPS) is 17.2. The minimum absolute atomic E-state index is 0.0643. The van der Waals surface area contributed by atoms with Gasteiger partial charge in [0.1, 0.15) is 11.6 Å². The topological polar surface area (TPSA) is 90.3 Å². The maximum Gasteiger partial charge on any atom is 0.220 e. The van der Waals surface area contributed by atoms with E-state index in [1.54, 1.807) is 25.4 Å². The number of hydrogen-bond donors (Lipinski definition) is 2. The Morgan fingerprint density at radius 2 is 1.70 bits per heavy atom. The first-order valence-corrected chi connectivity index (χ1v) is 20.9. The molecule has 0 bridgehead atoms. The summed E-state index contributed by atoms with van der Waals surface area (Å²) < 4.78 is 29.6. The smallest absolute Gasteiger partial charge is 0.220 e. The summed E-state index contributed by atoms with van der Waals surface area (Å²) >= 11 is 0. The summed E-state index contributed by atoms with van der Waals surface area (Å²) in [4.78, 5) is 17.2. The molecule has 1 aliphatic carbocycles. The number of methoxy groups -OCH3 is 1. The Morgan fingerprint density at radius 1 is 1.00 bits per heavy atom. The van der Waals surface area contributed by atoms with Crippen molar-refractivity contribution in [2.75, 3.05) is 12.4 Å². The molecule has 10 heteroatoms. The minimum atomic E-state index is -1.84. The highest BCUT2D eigenvalue weighted by molar-refractivity contribution is 6.74. The van der Waals surface area contributed by atoms with Crippen molar-refractivity contribution in [1.82, 2.24) is 20.1 Å². The summed E-state index contributed by atoms with van der Waals surface area (Å²) in [5, 5.41) is 12.8.